The van der Waals surface area contributed by atoms with E-state index in [-0.39, 0.29) is 19.0 Å². The molecule has 2 aromatic heterocycles. The molecule has 3 heterocycles. The summed E-state index contributed by atoms with van der Waals surface area (Å²) in [6.07, 6.45) is 2.26. The molecule has 0 aliphatic carbocycles. The molecule has 8 nitrogen and oxygen atoms in total. The van der Waals surface area contributed by atoms with Crippen LogP contribution in [0.4, 0.5) is 14.9 Å². The highest BCUT2D eigenvalue weighted by Crippen LogP contribution is 2.29. The molecule has 0 spiro atoms. The molecule has 2 amide bonds. The molecular weight excluding hydrogens is 353 g/mol. The first-order chi connectivity index (χ1) is 13.0. The van der Waals surface area contributed by atoms with Gasteiger partial charge in [0.05, 0.1) is 30.5 Å². The van der Waals surface area contributed by atoms with Gasteiger partial charge in [0.1, 0.15) is 11.9 Å². The summed E-state index contributed by atoms with van der Waals surface area (Å²) in [6.45, 7) is 1.85. The highest BCUT2D eigenvalue weighted by Gasteiger charge is 2.32. The Morgan fingerprint density at radius 3 is 3.00 bits per heavy atom. The SMILES string of the molecule is CC(=O)NC[C@H]1CN(c2ccc(-c3ccc4cnnn4c3)c(F)c2)C(=O)O1. The molecule has 1 aliphatic rings. The number of nitrogens with one attached hydrogen (secondary N) is 1. The van der Waals surface area contributed by atoms with Gasteiger partial charge in [-0.3, -0.25) is 9.69 Å². The maximum absolute atomic E-state index is 14.7. The van der Waals surface area contributed by atoms with E-state index in [1.807, 2.05) is 0 Å². The van der Waals surface area contributed by atoms with E-state index in [9.17, 15) is 14.0 Å². The number of hydrogen-bond donors (Lipinski definition) is 1. The number of cyclic esters (lactones) is 1. The molecule has 3 aromatic rings. The van der Waals surface area contributed by atoms with E-state index in [2.05, 4.69) is 15.6 Å². The van der Waals surface area contributed by atoms with E-state index in [1.54, 1.807) is 41.2 Å². The highest BCUT2D eigenvalue weighted by molar-refractivity contribution is 5.90. The maximum Gasteiger partial charge on any atom is 0.414 e. The lowest BCUT2D eigenvalue weighted by atomic mass is 10.1. The Kier molecular flexibility index (Phi) is 4.19. The Morgan fingerprint density at radius 2 is 2.22 bits per heavy atom. The first-order valence-corrected chi connectivity index (χ1v) is 8.34. The number of carbonyl (C=O) groups is 2. The average molecular weight is 369 g/mol. The van der Waals surface area contributed by atoms with Gasteiger partial charge < -0.3 is 10.1 Å². The van der Waals surface area contributed by atoms with Gasteiger partial charge in [0.25, 0.3) is 0 Å². The van der Waals surface area contributed by atoms with Gasteiger partial charge in [0.15, 0.2) is 0 Å². The summed E-state index contributed by atoms with van der Waals surface area (Å²) in [5, 5.41) is 10.3. The summed E-state index contributed by atoms with van der Waals surface area (Å²) in [4.78, 5) is 24.4. The second kappa shape index (κ2) is 6.67. The van der Waals surface area contributed by atoms with Crippen LogP contribution in [-0.4, -0.2) is 46.0 Å². The van der Waals surface area contributed by atoms with Crippen LogP contribution in [-0.2, 0) is 9.53 Å². The van der Waals surface area contributed by atoms with E-state index in [0.717, 1.165) is 5.52 Å². The molecule has 138 valence electrons. The molecule has 9 heteroatoms. The summed E-state index contributed by atoms with van der Waals surface area (Å²) < 4.78 is 21.5. The Hall–Kier alpha value is -3.49. The van der Waals surface area contributed by atoms with Crippen molar-refractivity contribution in [1.29, 1.82) is 0 Å². The van der Waals surface area contributed by atoms with Crippen molar-refractivity contribution in [2.45, 2.75) is 13.0 Å². The summed E-state index contributed by atoms with van der Waals surface area (Å²) in [7, 11) is 0. The monoisotopic (exact) mass is 369 g/mol. The van der Waals surface area contributed by atoms with Crippen LogP contribution in [0.25, 0.3) is 16.6 Å². The molecule has 1 fully saturated rings. The standard InChI is InChI=1S/C18H16FN5O3/c1-11(25)20-8-15-10-23(18(26)27-15)13-4-5-16(17(19)6-13)12-2-3-14-7-21-22-24(14)9-12/h2-7,9,15H,8,10H2,1H3,(H,20,25)/t15-/m0/s1. The van der Waals surface area contributed by atoms with E-state index in [0.29, 0.717) is 16.8 Å². The molecule has 0 radical (unpaired) electrons. The molecule has 0 bridgehead atoms. The molecule has 1 saturated heterocycles. The molecule has 1 atom stereocenters. The first kappa shape index (κ1) is 17.0. The van der Waals surface area contributed by atoms with Gasteiger partial charge in [-0.2, -0.15) is 0 Å². The van der Waals surface area contributed by atoms with Crippen molar-refractivity contribution in [2.24, 2.45) is 0 Å². The van der Waals surface area contributed by atoms with Gasteiger partial charge in [0.2, 0.25) is 5.91 Å². The Balaban J connectivity index is 1.56. The predicted molar refractivity (Wildman–Crippen MR) is 94.7 cm³/mol. The normalized spacial score (nSPS) is 16.6. The van der Waals surface area contributed by atoms with E-state index in [1.165, 1.54) is 17.9 Å². The van der Waals surface area contributed by atoms with Crippen LogP contribution in [0.3, 0.4) is 0 Å². The summed E-state index contributed by atoms with van der Waals surface area (Å²) >= 11 is 0. The molecule has 4 rings (SSSR count). The zero-order valence-electron chi connectivity index (χ0n) is 14.4. The lowest BCUT2D eigenvalue weighted by Gasteiger charge is -2.14. The van der Waals surface area contributed by atoms with Crippen LogP contribution < -0.4 is 10.2 Å². The van der Waals surface area contributed by atoms with Crippen molar-refractivity contribution in [2.75, 3.05) is 18.0 Å². The fourth-order valence-corrected chi connectivity index (χ4v) is 2.98. The zero-order chi connectivity index (χ0) is 19.0. The van der Waals surface area contributed by atoms with Gasteiger partial charge in [-0.1, -0.05) is 11.3 Å². The minimum Gasteiger partial charge on any atom is -0.442 e. The maximum atomic E-state index is 14.7. The second-order valence-electron chi connectivity index (χ2n) is 6.24. The number of ether oxygens (including phenoxy) is 1. The zero-order valence-corrected chi connectivity index (χ0v) is 14.4. The topological polar surface area (TPSA) is 88.8 Å². The van der Waals surface area contributed by atoms with Crippen molar-refractivity contribution < 1.29 is 18.7 Å². The molecule has 0 saturated carbocycles. The van der Waals surface area contributed by atoms with Crippen molar-refractivity contribution >= 4 is 23.2 Å². The largest absolute Gasteiger partial charge is 0.442 e. The molecule has 1 aliphatic heterocycles. The van der Waals surface area contributed by atoms with E-state index >= 15 is 0 Å². The van der Waals surface area contributed by atoms with Gasteiger partial charge in [-0.05, 0) is 24.3 Å². The van der Waals surface area contributed by atoms with Crippen LogP contribution in [0.1, 0.15) is 6.92 Å². The lowest BCUT2D eigenvalue weighted by molar-refractivity contribution is -0.119. The van der Waals surface area contributed by atoms with Crippen molar-refractivity contribution in [3.05, 3.63) is 48.5 Å². The number of nitrogens with zero attached hydrogens (tertiary/aromatic N) is 4. The third kappa shape index (κ3) is 3.31. The van der Waals surface area contributed by atoms with Crippen LogP contribution >= 0.6 is 0 Å². The number of hydrogen-bond acceptors (Lipinski definition) is 5. The second-order valence-corrected chi connectivity index (χ2v) is 6.24. The molecule has 1 aromatic carbocycles. The third-order valence-corrected chi connectivity index (χ3v) is 4.33. The van der Waals surface area contributed by atoms with E-state index in [4.69, 9.17) is 4.74 Å². The quantitative estimate of drug-likeness (QED) is 0.760. The van der Waals surface area contributed by atoms with Gasteiger partial charge in [0, 0.05) is 24.2 Å². The van der Waals surface area contributed by atoms with Crippen molar-refractivity contribution in [3.63, 3.8) is 0 Å². The average Bonchev–Trinajstić information content (AvgIpc) is 3.25. The fraction of sp³-hybridized carbons (Fsp3) is 0.222. The van der Waals surface area contributed by atoms with Crippen LogP contribution in [0.2, 0.25) is 0 Å². The number of aromatic nitrogens is 3. The van der Waals surface area contributed by atoms with Gasteiger partial charge in [-0.15, -0.1) is 5.10 Å². The number of amides is 2. The van der Waals surface area contributed by atoms with Gasteiger partial charge in [-0.25, -0.2) is 13.7 Å². The molecular formula is C18H16FN5O3. The Morgan fingerprint density at radius 1 is 1.37 bits per heavy atom. The first-order valence-electron chi connectivity index (χ1n) is 8.34. The Labute approximate surface area is 153 Å². The van der Waals surface area contributed by atoms with Crippen LogP contribution in [0, 0.1) is 5.82 Å². The van der Waals surface area contributed by atoms with Gasteiger partial charge >= 0.3 is 6.09 Å². The number of benzene rings is 1. The van der Waals surface area contributed by atoms with Crippen LogP contribution in [0.15, 0.2) is 42.7 Å². The van der Waals surface area contributed by atoms with Crippen LogP contribution in [0.5, 0.6) is 0 Å². The molecule has 0 unspecified atom stereocenters. The number of rotatable bonds is 4. The Bertz CT molecular complexity index is 1030. The van der Waals surface area contributed by atoms with Crippen molar-refractivity contribution in [1.82, 2.24) is 20.1 Å². The molecule has 1 N–H and O–H groups in total. The lowest BCUT2D eigenvalue weighted by Crippen LogP contribution is -2.33. The summed E-state index contributed by atoms with van der Waals surface area (Å²) in [6, 6.07) is 8.14. The minimum atomic E-state index is -0.568. The number of anilines is 1. The number of halogens is 1. The number of carbonyl (C=O) groups excluding carboxylic acids is 2. The highest BCUT2D eigenvalue weighted by atomic mass is 19.1. The fourth-order valence-electron chi connectivity index (χ4n) is 2.98. The van der Waals surface area contributed by atoms with E-state index < -0.39 is 18.0 Å². The minimum absolute atomic E-state index is 0.204. The summed E-state index contributed by atoms with van der Waals surface area (Å²) in [5.41, 5.74) is 2.23. The number of pyridine rings is 1. The third-order valence-electron chi connectivity index (χ3n) is 4.33. The van der Waals surface area contributed by atoms with Crippen molar-refractivity contribution in [3.8, 4) is 11.1 Å². The predicted octanol–water partition coefficient (Wildman–Crippen LogP) is 2.00. The summed E-state index contributed by atoms with van der Waals surface area (Å²) in [5.74, 6) is -0.672. The molecule has 27 heavy (non-hydrogen) atoms. The smallest absolute Gasteiger partial charge is 0.414 e. The number of fused-ring (bicyclic) bond motifs is 1.